The molecule has 0 radical (unpaired) electrons. The van der Waals surface area contributed by atoms with Crippen LogP contribution in [0.15, 0.2) is 41.8 Å². The number of benzene rings is 2. The smallest absolute Gasteiger partial charge is 0.264 e. The zero-order chi connectivity index (χ0) is 25.2. The van der Waals surface area contributed by atoms with Gasteiger partial charge in [-0.15, -0.1) is 11.3 Å². The van der Waals surface area contributed by atoms with Gasteiger partial charge in [0.05, 0.1) is 18.3 Å². The van der Waals surface area contributed by atoms with Crippen molar-refractivity contribution >= 4 is 28.3 Å². The van der Waals surface area contributed by atoms with Crippen LogP contribution in [0.2, 0.25) is 0 Å². The van der Waals surface area contributed by atoms with Crippen LogP contribution in [0.3, 0.4) is 0 Å². The Kier molecular flexibility index (Phi) is 7.12. The van der Waals surface area contributed by atoms with Crippen LogP contribution < -0.4 is 20.1 Å². The molecule has 0 fully saturated rings. The first-order valence-corrected chi connectivity index (χ1v) is 12.5. The fraction of sp³-hybridized carbons (Fsp3) is 0.370. The Morgan fingerprint density at radius 1 is 1.20 bits per heavy atom. The highest BCUT2D eigenvalue weighted by Crippen LogP contribution is 2.36. The molecule has 1 atom stereocenters. The van der Waals surface area contributed by atoms with Crippen molar-refractivity contribution in [1.29, 1.82) is 0 Å². The normalized spacial score (nSPS) is 15.1. The number of nitrogens with one attached hydrogen (secondary N) is 2. The van der Waals surface area contributed by atoms with Crippen molar-refractivity contribution in [3.8, 4) is 22.8 Å². The van der Waals surface area contributed by atoms with E-state index in [0.29, 0.717) is 23.9 Å². The van der Waals surface area contributed by atoms with E-state index < -0.39 is 0 Å². The number of aromatic nitrogens is 1. The molecule has 0 bridgehead atoms. The van der Waals surface area contributed by atoms with Crippen molar-refractivity contribution < 1.29 is 19.1 Å². The molecule has 1 unspecified atom stereocenters. The topological polar surface area (TPSA) is 89.6 Å². The molecule has 2 heterocycles. The lowest BCUT2D eigenvalue weighted by atomic mass is 9.85. The molecular formula is C27H31N3O4S. The predicted molar refractivity (Wildman–Crippen MR) is 138 cm³/mol. The van der Waals surface area contributed by atoms with Crippen LogP contribution in [0.5, 0.6) is 11.5 Å². The van der Waals surface area contributed by atoms with Gasteiger partial charge in [0.15, 0.2) is 11.7 Å². The van der Waals surface area contributed by atoms with Crippen LogP contribution in [0, 0.1) is 6.92 Å². The van der Waals surface area contributed by atoms with Gasteiger partial charge < -0.3 is 14.8 Å². The Balaban J connectivity index is 1.43. The van der Waals surface area contributed by atoms with E-state index in [1.54, 1.807) is 0 Å². The maximum absolute atomic E-state index is 12.6. The summed E-state index contributed by atoms with van der Waals surface area (Å²) < 4.78 is 11.6. The molecule has 184 valence electrons. The summed E-state index contributed by atoms with van der Waals surface area (Å²) in [6.45, 7) is 10.4. The fourth-order valence-corrected chi connectivity index (χ4v) is 4.80. The highest BCUT2D eigenvalue weighted by molar-refractivity contribution is 7.14. The van der Waals surface area contributed by atoms with Gasteiger partial charge in [0.25, 0.3) is 5.91 Å². The molecule has 7 nitrogen and oxygen atoms in total. The molecule has 4 rings (SSSR count). The summed E-state index contributed by atoms with van der Waals surface area (Å²) in [5.41, 5.74) is 4.70. The maximum atomic E-state index is 12.6. The van der Waals surface area contributed by atoms with Gasteiger partial charge in [0.2, 0.25) is 5.91 Å². The van der Waals surface area contributed by atoms with E-state index in [2.05, 4.69) is 42.5 Å². The summed E-state index contributed by atoms with van der Waals surface area (Å²) in [5.74, 6) is 1.14. The number of aryl methyl sites for hydroxylation is 1. The minimum atomic E-state index is -0.268. The minimum absolute atomic E-state index is 0.0746. The van der Waals surface area contributed by atoms with E-state index in [4.69, 9.17) is 9.47 Å². The monoisotopic (exact) mass is 493 g/mol. The van der Waals surface area contributed by atoms with Crippen LogP contribution in [0.25, 0.3) is 11.3 Å². The maximum Gasteiger partial charge on any atom is 0.264 e. The van der Waals surface area contributed by atoms with Gasteiger partial charge >= 0.3 is 0 Å². The summed E-state index contributed by atoms with van der Waals surface area (Å²) >= 11 is 1.35. The highest BCUT2D eigenvalue weighted by Gasteiger charge is 2.23. The standard InChI is InChI=1S/C27H31N3O4S/c1-16-6-8-24(20(12-16)27(3,4)5)34-14-25(32)30-26-29-22(15-35-26)18-7-9-23-19(13-18)21(10-11-33-23)28-17(2)31/h6-9,12-13,15,21H,10-11,14H2,1-5H3,(H,28,31)(H,29,30,32). The summed E-state index contributed by atoms with van der Waals surface area (Å²) in [7, 11) is 0. The number of carbonyl (C=O) groups excluding carboxylic acids is 2. The Hall–Kier alpha value is -3.39. The number of rotatable bonds is 6. The number of anilines is 1. The first-order chi connectivity index (χ1) is 16.6. The second-order valence-corrected chi connectivity index (χ2v) is 10.6. The lowest BCUT2D eigenvalue weighted by molar-refractivity contribution is -0.120. The molecule has 1 aliphatic rings. The molecule has 2 N–H and O–H groups in total. The van der Waals surface area contributed by atoms with Crippen molar-refractivity contribution in [2.75, 3.05) is 18.5 Å². The molecule has 0 spiro atoms. The van der Waals surface area contributed by atoms with E-state index >= 15 is 0 Å². The summed E-state index contributed by atoms with van der Waals surface area (Å²) in [6, 6.07) is 11.7. The average Bonchev–Trinajstić information content (AvgIpc) is 3.25. The highest BCUT2D eigenvalue weighted by atomic mass is 32.1. The number of hydrogen-bond donors (Lipinski definition) is 2. The molecule has 0 saturated heterocycles. The second-order valence-electron chi connectivity index (χ2n) is 9.77. The number of thiazole rings is 1. The SMILES string of the molecule is CC(=O)NC1CCOc2ccc(-c3csc(NC(=O)COc4ccc(C)cc4C(C)(C)C)n3)cc21. The van der Waals surface area contributed by atoms with Crippen LogP contribution in [0.4, 0.5) is 5.13 Å². The molecule has 2 aromatic carbocycles. The number of ether oxygens (including phenoxy) is 2. The Bertz CT molecular complexity index is 1250. The average molecular weight is 494 g/mol. The summed E-state index contributed by atoms with van der Waals surface area (Å²) in [4.78, 5) is 28.7. The number of hydrogen-bond acceptors (Lipinski definition) is 6. The van der Waals surface area contributed by atoms with Crippen molar-refractivity contribution in [3.05, 3.63) is 58.5 Å². The first-order valence-electron chi connectivity index (χ1n) is 11.6. The van der Waals surface area contributed by atoms with Gasteiger partial charge in [-0.05, 0) is 42.2 Å². The van der Waals surface area contributed by atoms with Gasteiger partial charge in [-0.3, -0.25) is 14.9 Å². The number of fused-ring (bicyclic) bond motifs is 1. The fourth-order valence-electron chi connectivity index (χ4n) is 4.07. The van der Waals surface area contributed by atoms with E-state index in [1.807, 2.05) is 42.6 Å². The van der Waals surface area contributed by atoms with Gasteiger partial charge in [0, 0.05) is 29.9 Å². The summed E-state index contributed by atoms with van der Waals surface area (Å²) in [5, 5.41) is 8.21. The zero-order valence-corrected chi connectivity index (χ0v) is 21.5. The molecule has 1 aliphatic heterocycles. The second kappa shape index (κ2) is 10.1. The van der Waals surface area contributed by atoms with Gasteiger partial charge in [-0.2, -0.15) is 0 Å². The zero-order valence-electron chi connectivity index (χ0n) is 20.7. The van der Waals surface area contributed by atoms with E-state index in [-0.39, 0.29) is 29.9 Å². The third kappa shape index (κ3) is 6.00. The largest absolute Gasteiger partial charge is 0.493 e. The van der Waals surface area contributed by atoms with E-state index in [1.165, 1.54) is 18.3 Å². The van der Waals surface area contributed by atoms with Crippen molar-refractivity contribution in [1.82, 2.24) is 10.3 Å². The van der Waals surface area contributed by atoms with Crippen LogP contribution in [-0.4, -0.2) is 30.0 Å². The first kappa shape index (κ1) is 24.7. The third-order valence-corrected chi connectivity index (χ3v) is 6.53. The van der Waals surface area contributed by atoms with Crippen LogP contribution in [0.1, 0.15) is 56.8 Å². The van der Waals surface area contributed by atoms with Gasteiger partial charge in [-0.25, -0.2) is 4.98 Å². The van der Waals surface area contributed by atoms with Crippen molar-refractivity contribution in [2.45, 2.75) is 52.5 Å². The predicted octanol–water partition coefficient (Wildman–Crippen LogP) is 5.39. The molecule has 2 amide bonds. The Morgan fingerprint density at radius 2 is 2.00 bits per heavy atom. The van der Waals surface area contributed by atoms with Gasteiger partial charge in [0.1, 0.15) is 11.5 Å². The lowest BCUT2D eigenvalue weighted by Gasteiger charge is -2.26. The Labute approximate surface area is 209 Å². The van der Waals surface area contributed by atoms with Crippen molar-refractivity contribution in [3.63, 3.8) is 0 Å². The molecule has 35 heavy (non-hydrogen) atoms. The molecule has 8 heteroatoms. The minimum Gasteiger partial charge on any atom is -0.493 e. The van der Waals surface area contributed by atoms with E-state index in [0.717, 1.165) is 33.7 Å². The van der Waals surface area contributed by atoms with Crippen molar-refractivity contribution in [2.24, 2.45) is 0 Å². The van der Waals surface area contributed by atoms with Crippen LogP contribution >= 0.6 is 11.3 Å². The number of carbonyl (C=O) groups is 2. The quantitative estimate of drug-likeness (QED) is 0.480. The third-order valence-electron chi connectivity index (χ3n) is 5.77. The van der Waals surface area contributed by atoms with E-state index in [9.17, 15) is 9.59 Å². The van der Waals surface area contributed by atoms with Crippen LogP contribution in [-0.2, 0) is 15.0 Å². The molecule has 0 saturated carbocycles. The summed E-state index contributed by atoms with van der Waals surface area (Å²) in [6.07, 6.45) is 0.715. The lowest BCUT2D eigenvalue weighted by Crippen LogP contribution is -2.30. The van der Waals surface area contributed by atoms with Gasteiger partial charge in [-0.1, -0.05) is 38.5 Å². The molecule has 1 aromatic heterocycles. The number of nitrogens with zero attached hydrogens (tertiary/aromatic N) is 1. The molecule has 0 aliphatic carbocycles. The molecule has 3 aromatic rings. The number of amides is 2. The molecular weight excluding hydrogens is 462 g/mol. The Morgan fingerprint density at radius 3 is 2.74 bits per heavy atom.